The summed E-state index contributed by atoms with van der Waals surface area (Å²) in [6, 6.07) is 9.05. The number of hydrogen-bond donors (Lipinski definition) is 1. The largest absolute Gasteiger partial charge is 0.228 e. The number of benzene rings is 1. The number of hydrogen-bond acceptors (Lipinski definition) is 2. The van der Waals surface area contributed by atoms with E-state index in [2.05, 4.69) is 6.58 Å². The molecule has 16 heavy (non-hydrogen) atoms. The highest BCUT2D eigenvalue weighted by Crippen LogP contribution is 2.30. The fraction of sp³-hybridized carbons (Fsp3) is 0.333. The van der Waals surface area contributed by atoms with Gasteiger partial charge in [-0.05, 0) is 17.9 Å². The first-order valence-corrected chi connectivity index (χ1v) is 6.75. The molecule has 2 N–H and O–H groups in total. The molecule has 0 aromatic heterocycles. The normalized spacial score (nSPS) is 15.4. The first kappa shape index (κ1) is 12.9. The summed E-state index contributed by atoms with van der Waals surface area (Å²) in [5.41, 5.74) is 0.736. The SMILES string of the molecule is C=CC[C@H](C)[C@@H](c1ccccc1)S(N)(=O)=O. The van der Waals surface area contributed by atoms with Gasteiger partial charge in [0.2, 0.25) is 10.0 Å². The van der Waals surface area contributed by atoms with Crippen molar-refractivity contribution >= 4 is 10.0 Å². The molecule has 1 aromatic carbocycles. The third kappa shape index (κ3) is 3.18. The lowest BCUT2D eigenvalue weighted by atomic mass is 9.97. The highest BCUT2D eigenvalue weighted by Gasteiger charge is 2.28. The van der Waals surface area contributed by atoms with Crippen LogP contribution in [-0.4, -0.2) is 8.42 Å². The Morgan fingerprint density at radius 3 is 2.38 bits per heavy atom. The molecule has 0 heterocycles. The van der Waals surface area contributed by atoms with Crippen LogP contribution in [0.2, 0.25) is 0 Å². The van der Waals surface area contributed by atoms with Crippen molar-refractivity contribution in [3.05, 3.63) is 48.6 Å². The van der Waals surface area contributed by atoms with Crippen LogP contribution < -0.4 is 5.14 Å². The van der Waals surface area contributed by atoms with Gasteiger partial charge in [0.15, 0.2) is 0 Å². The Balaban J connectivity index is 3.12. The Bertz CT molecular complexity index is 439. The molecule has 1 aromatic rings. The summed E-state index contributed by atoms with van der Waals surface area (Å²) in [6.07, 6.45) is 2.34. The average Bonchev–Trinajstić information content (AvgIpc) is 2.17. The fourth-order valence-electron chi connectivity index (χ4n) is 1.87. The first-order valence-electron chi connectivity index (χ1n) is 5.14. The van der Waals surface area contributed by atoms with Crippen molar-refractivity contribution in [2.24, 2.45) is 11.1 Å². The smallest absolute Gasteiger partial charge is 0.216 e. The van der Waals surface area contributed by atoms with Crippen molar-refractivity contribution in [3.63, 3.8) is 0 Å². The van der Waals surface area contributed by atoms with Gasteiger partial charge in [0, 0.05) is 0 Å². The molecule has 0 spiro atoms. The zero-order valence-electron chi connectivity index (χ0n) is 9.34. The maximum Gasteiger partial charge on any atom is 0.216 e. The van der Waals surface area contributed by atoms with Crippen LogP contribution in [0.15, 0.2) is 43.0 Å². The third-order valence-corrected chi connectivity index (χ3v) is 3.98. The maximum atomic E-state index is 11.6. The van der Waals surface area contributed by atoms with E-state index in [1.807, 2.05) is 25.1 Å². The zero-order valence-corrected chi connectivity index (χ0v) is 10.2. The summed E-state index contributed by atoms with van der Waals surface area (Å²) in [5.74, 6) is -0.0742. The molecule has 2 atom stereocenters. The molecular weight excluding hydrogens is 222 g/mol. The molecule has 0 fully saturated rings. The van der Waals surface area contributed by atoms with Gasteiger partial charge < -0.3 is 0 Å². The average molecular weight is 239 g/mol. The van der Waals surface area contributed by atoms with Crippen LogP contribution in [0.3, 0.4) is 0 Å². The molecule has 0 bridgehead atoms. The van der Waals surface area contributed by atoms with Gasteiger partial charge in [0.1, 0.15) is 5.25 Å². The Morgan fingerprint density at radius 2 is 1.94 bits per heavy atom. The van der Waals surface area contributed by atoms with Gasteiger partial charge in [-0.2, -0.15) is 0 Å². The molecule has 3 nitrogen and oxygen atoms in total. The number of primary sulfonamides is 1. The number of rotatable bonds is 5. The molecule has 1 rings (SSSR count). The van der Waals surface area contributed by atoms with Crippen molar-refractivity contribution < 1.29 is 8.42 Å². The molecule has 88 valence electrons. The Morgan fingerprint density at radius 1 is 1.38 bits per heavy atom. The van der Waals surface area contributed by atoms with Gasteiger partial charge in [-0.3, -0.25) is 0 Å². The van der Waals surface area contributed by atoms with E-state index < -0.39 is 15.3 Å². The van der Waals surface area contributed by atoms with Crippen LogP contribution in [0.4, 0.5) is 0 Å². The molecule has 0 aliphatic carbocycles. The van der Waals surface area contributed by atoms with E-state index in [1.54, 1.807) is 18.2 Å². The van der Waals surface area contributed by atoms with Gasteiger partial charge in [0.25, 0.3) is 0 Å². The molecule has 0 aliphatic heterocycles. The zero-order chi connectivity index (χ0) is 12.2. The topological polar surface area (TPSA) is 60.2 Å². The minimum atomic E-state index is -3.59. The lowest BCUT2D eigenvalue weighted by molar-refractivity contribution is 0.519. The maximum absolute atomic E-state index is 11.6. The second-order valence-electron chi connectivity index (χ2n) is 3.92. The molecule has 0 saturated carbocycles. The van der Waals surface area contributed by atoms with E-state index in [1.165, 1.54) is 0 Å². The quantitative estimate of drug-likeness (QED) is 0.801. The lowest BCUT2D eigenvalue weighted by Crippen LogP contribution is -2.26. The van der Waals surface area contributed by atoms with Gasteiger partial charge in [-0.15, -0.1) is 6.58 Å². The van der Waals surface area contributed by atoms with Gasteiger partial charge in [-0.25, -0.2) is 13.6 Å². The van der Waals surface area contributed by atoms with Gasteiger partial charge >= 0.3 is 0 Å². The van der Waals surface area contributed by atoms with Crippen molar-refractivity contribution in [2.75, 3.05) is 0 Å². The summed E-state index contributed by atoms with van der Waals surface area (Å²) in [5, 5.41) is 4.62. The third-order valence-electron chi connectivity index (χ3n) is 2.54. The van der Waals surface area contributed by atoms with E-state index in [-0.39, 0.29) is 5.92 Å². The van der Waals surface area contributed by atoms with Gasteiger partial charge in [0.05, 0.1) is 0 Å². The van der Waals surface area contributed by atoms with Gasteiger partial charge in [-0.1, -0.05) is 43.3 Å². The lowest BCUT2D eigenvalue weighted by Gasteiger charge is -2.21. The molecular formula is C12H17NO2S. The van der Waals surface area contributed by atoms with Crippen LogP contribution in [0, 0.1) is 5.92 Å². The van der Waals surface area contributed by atoms with Crippen LogP contribution in [0.1, 0.15) is 24.2 Å². The minimum Gasteiger partial charge on any atom is -0.228 e. The Labute approximate surface area is 97.0 Å². The van der Waals surface area contributed by atoms with Crippen LogP contribution in [0.25, 0.3) is 0 Å². The molecule has 0 amide bonds. The van der Waals surface area contributed by atoms with Crippen molar-refractivity contribution in [2.45, 2.75) is 18.6 Å². The van der Waals surface area contributed by atoms with Crippen molar-refractivity contribution in [3.8, 4) is 0 Å². The summed E-state index contributed by atoms with van der Waals surface area (Å²) in [7, 11) is -3.59. The number of nitrogens with two attached hydrogens (primary N) is 1. The van der Waals surface area contributed by atoms with E-state index in [4.69, 9.17) is 5.14 Å². The van der Waals surface area contributed by atoms with Crippen molar-refractivity contribution in [1.29, 1.82) is 0 Å². The van der Waals surface area contributed by atoms with Crippen LogP contribution in [0.5, 0.6) is 0 Å². The molecule has 0 aliphatic rings. The van der Waals surface area contributed by atoms with E-state index in [9.17, 15) is 8.42 Å². The minimum absolute atomic E-state index is 0.0742. The Hall–Kier alpha value is -1.13. The summed E-state index contributed by atoms with van der Waals surface area (Å²) in [4.78, 5) is 0. The predicted molar refractivity (Wildman–Crippen MR) is 66.3 cm³/mol. The highest BCUT2D eigenvalue weighted by atomic mass is 32.2. The standard InChI is InChI=1S/C12H17NO2S/c1-3-7-10(2)12(16(13,14)15)11-8-5-4-6-9-11/h3-6,8-10,12H,1,7H2,2H3,(H2,13,14,15)/t10-,12-/m0/s1. The van der Waals surface area contributed by atoms with Crippen LogP contribution >= 0.6 is 0 Å². The molecule has 0 saturated heterocycles. The van der Waals surface area contributed by atoms with E-state index in [0.29, 0.717) is 6.42 Å². The highest BCUT2D eigenvalue weighted by molar-refractivity contribution is 7.89. The fourth-order valence-corrected chi connectivity index (χ4v) is 3.17. The predicted octanol–water partition coefficient (Wildman–Crippen LogP) is 2.23. The van der Waals surface area contributed by atoms with Crippen LogP contribution in [-0.2, 0) is 10.0 Å². The van der Waals surface area contributed by atoms with E-state index in [0.717, 1.165) is 5.56 Å². The Kier molecular flexibility index (Phi) is 4.26. The monoisotopic (exact) mass is 239 g/mol. The molecule has 0 radical (unpaired) electrons. The molecule has 0 unspecified atom stereocenters. The summed E-state index contributed by atoms with van der Waals surface area (Å²) in [6.45, 7) is 5.49. The summed E-state index contributed by atoms with van der Waals surface area (Å²) >= 11 is 0. The number of allylic oxidation sites excluding steroid dienone is 1. The second kappa shape index (κ2) is 5.27. The molecule has 4 heteroatoms. The number of sulfonamides is 1. The van der Waals surface area contributed by atoms with Crippen molar-refractivity contribution in [1.82, 2.24) is 0 Å². The van der Waals surface area contributed by atoms with E-state index >= 15 is 0 Å². The second-order valence-corrected chi connectivity index (χ2v) is 5.61. The summed E-state index contributed by atoms with van der Waals surface area (Å²) < 4.78 is 23.2. The first-order chi connectivity index (χ1) is 7.46.